The molecular weight excluding hydrogens is 161 g/mol. The van der Waals surface area contributed by atoms with E-state index in [2.05, 4.69) is 9.47 Å². The van der Waals surface area contributed by atoms with Crippen LogP contribution in [0.4, 0.5) is 13.2 Å². The lowest BCUT2D eigenvalue weighted by Gasteiger charge is -2.29. The molecular formula is C6H9F3O2. The second-order valence-corrected chi connectivity index (χ2v) is 2.51. The van der Waals surface area contributed by atoms with Gasteiger partial charge in [-0.05, 0) is 6.92 Å². The lowest BCUT2D eigenvalue weighted by atomic mass is 10.3. The zero-order valence-electron chi connectivity index (χ0n) is 6.02. The van der Waals surface area contributed by atoms with Gasteiger partial charge in [-0.3, -0.25) is 0 Å². The van der Waals surface area contributed by atoms with Crippen LogP contribution in [0, 0.1) is 0 Å². The lowest BCUT2D eigenvalue weighted by molar-refractivity contribution is -0.270. The van der Waals surface area contributed by atoms with E-state index in [4.69, 9.17) is 0 Å². The minimum Gasteiger partial charge on any atom is -0.376 e. The van der Waals surface area contributed by atoms with E-state index in [1.54, 1.807) is 6.92 Å². The second kappa shape index (κ2) is 2.98. The standard InChI is InChI=1S/C6H9F3O2/c1-4-2-10-3-5(11-4)6(7,8)9/h4-5H,2-3H2,1H3. The van der Waals surface area contributed by atoms with Gasteiger partial charge in [0.15, 0.2) is 6.10 Å². The van der Waals surface area contributed by atoms with E-state index in [-0.39, 0.29) is 13.2 Å². The molecule has 0 radical (unpaired) electrons. The Bertz CT molecular complexity index is 134. The van der Waals surface area contributed by atoms with Crippen LogP contribution in [0.5, 0.6) is 0 Å². The molecule has 0 N–H and O–H groups in total. The van der Waals surface area contributed by atoms with E-state index in [1.165, 1.54) is 0 Å². The van der Waals surface area contributed by atoms with Gasteiger partial charge < -0.3 is 9.47 Å². The molecule has 1 saturated heterocycles. The highest BCUT2D eigenvalue weighted by Gasteiger charge is 2.43. The van der Waals surface area contributed by atoms with Gasteiger partial charge in [0.1, 0.15) is 0 Å². The minimum absolute atomic E-state index is 0.243. The molecule has 0 aromatic carbocycles. The highest BCUT2D eigenvalue weighted by Crippen LogP contribution is 2.26. The van der Waals surface area contributed by atoms with Crippen LogP contribution in [0.1, 0.15) is 6.92 Å². The molecule has 0 aromatic rings. The fourth-order valence-corrected chi connectivity index (χ4v) is 0.872. The smallest absolute Gasteiger partial charge is 0.376 e. The number of alkyl halides is 3. The summed E-state index contributed by atoms with van der Waals surface area (Å²) < 4.78 is 45.0. The van der Waals surface area contributed by atoms with E-state index in [0.29, 0.717) is 0 Å². The van der Waals surface area contributed by atoms with Crippen molar-refractivity contribution in [2.45, 2.75) is 25.3 Å². The molecule has 1 heterocycles. The Kier molecular flexibility index (Phi) is 2.39. The van der Waals surface area contributed by atoms with E-state index in [1.807, 2.05) is 0 Å². The molecule has 0 bridgehead atoms. The zero-order valence-corrected chi connectivity index (χ0v) is 6.02. The predicted octanol–water partition coefficient (Wildman–Crippen LogP) is 1.35. The van der Waals surface area contributed by atoms with Crippen LogP contribution in [-0.2, 0) is 9.47 Å². The highest BCUT2D eigenvalue weighted by molar-refractivity contribution is 4.72. The molecule has 2 unspecified atom stereocenters. The van der Waals surface area contributed by atoms with E-state index < -0.39 is 18.4 Å². The highest BCUT2D eigenvalue weighted by atomic mass is 19.4. The Morgan fingerprint density at radius 3 is 2.27 bits per heavy atom. The largest absolute Gasteiger partial charge is 0.416 e. The van der Waals surface area contributed by atoms with Crippen molar-refractivity contribution in [1.82, 2.24) is 0 Å². The van der Waals surface area contributed by atoms with Crippen molar-refractivity contribution < 1.29 is 22.6 Å². The van der Waals surface area contributed by atoms with Gasteiger partial charge in [-0.15, -0.1) is 0 Å². The Balaban J connectivity index is 2.46. The number of ether oxygens (including phenoxy) is 2. The summed E-state index contributed by atoms with van der Waals surface area (Å²) in [5, 5.41) is 0. The third-order valence-corrected chi connectivity index (χ3v) is 1.38. The Hall–Kier alpha value is -0.290. The molecule has 0 aromatic heterocycles. The van der Waals surface area contributed by atoms with E-state index in [9.17, 15) is 13.2 Å². The number of hydrogen-bond donors (Lipinski definition) is 0. The fraction of sp³-hybridized carbons (Fsp3) is 1.00. The summed E-state index contributed by atoms with van der Waals surface area (Å²) in [4.78, 5) is 0. The second-order valence-electron chi connectivity index (χ2n) is 2.51. The first kappa shape index (κ1) is 8.80. The molecule has 2 nitrogen and oxygen atoms in total. The summed E-state index contributed by atoms with van der Waals surface area (Å²) >= 11 is 0. The topological polar surface area (TPSA) is 18.5 Å². The molecule has 1 aliphatic heterocycles. The van der Waals surface area contributed by atoms with Crippen LogP contribution < -0.4 is 0 Å². The van der Waals surface area contributed by atoms with Crippen molar-refractivity contribution in [1.29, 1.82) is 0 Å². The van der Waals surface area contributed by atoms with Gasteiger partial charge >= 0.3 is 6.18 Å². The maximum Gasteiger partial charge on any atom is 0.416 e. The van der Waals surface area contributed by atoms with Crippen molar-refractivity contribution in [3.8, 4) is 0 Å². The minimum atomic E-state index is -4.30. The first-order valence-corrected chi connectivity index (χ1v) is 3.30. The number of halogens is 3. The third-order valence-electron chi connectivity index (χ3n) is 1.38. The number of hydrogen-bond acceptors (Lipinski definition) is 2. The molecule has 66 valence electrons. The molecule has 2 atom stereocenters. The van der Waals surface area contributed by atoms with Crippen LogP contribution in [-0.4, -0.2) is 31.6 Å². The molecule has 1 fully saturated rings. The zero-order chi connectivity index (χ0) is 8.48. The molecule has 0 aliphatic carbocycles. The summed E-state index contributed by atoms with van der Waals surface area (Å²) in [6.07, 6.45) is -6.50. The molecule has 0 amide bonds. The molecule has 5 heteroatoms. The molecule has 1 aliphatic rings. The summed E-state index contributed by atoms with van der Waals surface area (Å²) in [6, 6.07) is 0. The van der Waals surface area contributed by atoms with Crippen LogP contribution in [0.2, 0.25) is 0 Å². The van der Waals surface area contributed by atoms with Gasteiger partial charge in [-0.2, -0.15) is 13.2 Å². The summed E-state index contributed by atoms with van der Waals surface area (Å²) in [6.45, 7) is 1.42. The molecule has 0 saturated carbocycles. The van der Waals surface area contributed by atoms with Crippen molar-refractivity contribution in [2.75, 3.05) is 13.2 Å². The van der Waals surface area contributed by atoms with Crippen molar-refractivity contribution in [3.63, 3.8) is 0 Å². The first-order chi connectivity index (χ1) is 5.00. The molecule has 11 heavy (non-hydrogen) atoms. The fourth-order valence-electron chi connectivity index (χ4n) is 0.872. The van der Waals surface area contributed by atoms with Crippen molar-refractivity contribution in [2.24, 2.45) is 0 Å². The average Bonchev–Trinajstić information content (AvgIpc) is 1.86. The van der Waals surface area contributed by atoms with Gasteiger partial charge in [0, 0.05) is 0 Å². The maximum absolute atomic E-state index is 11.9. The Morgan fingerprint density at radius 2 is 1.91 bits per heavy atom. The number of rotatable bonds is 0. The van der Waals surface area contributed by atoms with Gasteiger partial charge in [0.25, 0.3) is 0 Å². The van der Waals surface area contributed by atoms with Crippen LogP contribution >= 0.6 is 0 Å². The summed E-state index contributed by atoms with van der Waals surface area (Å²) in [5.74, 6) is 0. The average molecular weight is 170 g/mol. The van der Waals surface area contributed by atoms with E-state index >= 15 is 0 Å². The molecule has 0 spiro atoms. The summed E-state index contributed by atoms with van der Waals surface area (Å²) in [7, 11) is 0. The summed E-state index contributed by atoms with van der Waals surface area (Å²) in [5.41, 5.74) is 0. The normalized spacial score (nSPS) is 33.8. The van der Waals surface area contributed by atoms with Crippen LogP contribution in [0.15, 0.2) is 0 Å². The lowest BCUT2D eigenvalue weighted by Crippen LogP contribution is -2.43. The third kappa shape index (κ3) is 2.34. The van der Waals surface area contributed by atoms with Crippen molar-refractivity contribution in [3.05, 3.63) is 0 Å². The predicted molar refractivity (Wildman–Crippen MR) is 31.2 cm³/mol. The monoisotopic (exact) mass is 170 g/mol. The Morgan fingerprint density at radius 1 is 1.27 bits per heavy atom. The van der Waals surface area contributed by atoms with Crippen molar-refractivity contribution >= 4 is 0 Å². The van der Waals surface area contributed by atoms with Gasteiger partial charge in [-0.25, -0.2) is 0 Å². The maximum atomic E-state index is 11.9. The van der Waals surface area contributed by atoms with Gasteiger partial charge in [-0.1, -0.05) is 0 Å². The van der Waals surface area contributed by atoms with E-state index in [0.717, 1.165) is 0 Å². The van der Waals surface area contributed by atoms with Gasteiger partial charge in [0.05, 0.1) is 19.3 Å². The first-order valence-electron chi connectivity index (χ1n) is 3.30. The Labute approximate surface area is 62.3 Å². The SMILES string of the molecule is CC1COCC(C(F)(F)F)O1. The molecule has 1 rings (SSSR count). The van der Waals surface area contributed by atoms with Gasteiger partial charge in [0.2, 0.25) is 0 Å². The quantitative estimate of drug-likeness (QED) is 0.546. The van der Waals surface area contributed by atoms with Crippen LogP contribution in [0.25, 0.3) is 0 Å². The van der Waals surface area contributed by atoms with Crippen LogP contribution in [0.3, 0.4) is 0 Å².